The molecule has 0 spiro atoms. The molecule has 4 heteroatoms. The van der Waals surface area contributed by atoms with Gasteiger partial charge < -0.3 is 15.3 Å². The lowest BCUT2D eigenvalue weighted by Crippen LogP contribution is -2.16. The summed E-state index contributed by atoms with van der Waals surface area (Å²) in [4.78, 5) is 0. The third-order valence-corrected chi connectivity index (χ3v) is 6.06. The number of aliphatic hydroxyl groups excluding tert-OH is 3. The summed E-state index contributed by atoms with van der Waals surface area (Å²) >= 11 is 0. The summed E-state index contributed by atoms with van der Waals surface area (Å²) in [6.07, 6.45) is 3.13. The molecular weight excluding hydrogens is 223 g/mol. The van der Waals surface area contributed by atoms with Gasteiger partial charge in [0.05, 0.1) is 0 Å². The van der Waals surface area contributed by atoms with E-state index in [-0.39, 0.29) is 27.7 Å². The molecule has 0 aromatic heterocycles. The van der Waals surface area contributed by atoms with Gasteiger partial charge in [0.1, 0.15) is 0 Å². The van der Waals surface area contributed by atoms with Crippen LogP contribution >= 0.6 is 7.92 Å². The largest absolute Gasteiger partial charge is 0.396 e. The van der Waals surface area contributed by atoms with Crippen molar-refractivity contribution >= 4 is 7.92 Å². The smallest absolute Gasteiger partial charge is 0.0459 e. The van der Waals surface area contributed by atoms with E-state index in [4.69, 9.17) is 15.3 Å². The number of rotatable bonds is 9. The zero-order valence-electron chi connectivity index (χ0n) is 10.8. The predicted octanol–water partition coefficient (Wildman–Crippen LogP) is 1.35. The molecular formula is C12H27O3P. The third kappa shape index (κ3) is 7.56. The van der Waals surface area contributed by atoms with Crippen molar-refractivity contribution in [2.75, 3.05) is 38.3 Å². The standard InChI is InChI=1S/C12H27O3P/c1-10(4-13)7-16(8-11(2)5-14)9-12(3)6-15/h10-15H,4-9H2,1-3H3. The molecule has 0 aliphatic carbocycles. The number of hydrogen-bond donors (Lipinski definition) is 3. The Morgan fingerprint density at radius 3 is 1.12 bits per heavy atom. The lowest BCUT2D eigenvalue weighted by molar-refractivity contribution is 0.243. The van der Waals surface area contributed by atoms with Crippen LogP contribution < -0.4 is 0 Å². The zero-order chi connectivity index (χ0) is 12.6. The Kier molecular flexibility index (Phi) is 9.53. The van der Waals surface area contributed by atoms with E-state index in [1.54, 1.807) is 0 Å². The second-order valence-corrected chi connectivity index (χ2v) is 7.52. The third-order valence-electron chi connectivity index (χ3n) is 2.64. The molecule has 0 bridgehead atoms. The highest BCUT2D eigenvalue weighted by atomic mass is 31.1. The SMILES string of the molecule is CC(CO)CP(CC(C)CO)CC(C)CO. The van der Waals surface area contributed by atoms with E-state index < -0.39 is 0 Å². The van der Waals surface area contributed by atoms with Crippen molar-refractivity contribution in [3.8, 4) is 0 Å². The molecule has 0 fully saturated rings. The molecule has 0 aliphatic heterocycles. The Labute approximate surface area is 101 Å². The van der Waals surface area contributed by atoms with Crippen LogP contribution in [-0.4, -0.2) is 53.6 Å². The average molecular weight is 250 g/mol. The molecule has 0 amide bonds. The Bertz CT molecular complexity index is 138. The lowest BCUT2D eigenvalue weighted by Gasteiger charge is -2.25. The van der Waals surface area contributed by atoms with Crippen molar-refractivity contribution in [2.45, 2.75) is 20.8 Å². The molecule has 0 rings (SSSR count). The van der Waals surface area contributed by atoms with Gasteiger partial charge in [0.15, 0.2) is 0 Å². The molecule has 0 heterocycles. The molecule has 3 unspecified atom stereocenters. The Hall–Kier alpha value is 0.310. The quantitative estimate of drug-likeness (QED) is 0.541. The first-order chi connectivity index (χ1) is 7.53. The maximum Gasteiger partial charge on any atom is 0.0459 e. The minimum atomic E-state index is -0.176. The second kappa shape index (κ2) is 9.35. The summed E-state index contributed by atoms with van der Waals surface area (Å²) in [6, 6.07) is 0. The fraction of sp³-hybridized carbons (Fsp3) is 1.00. The maximum absolute atomic E-state index is 9.08. The van der Waals surface area contributed by atoms with Gasteiger partial charge in [0.2, 0.25) is 0 Å². The van der Waals surface area contributed by atoms with Crippen LogP contribution in [0.1, 0.15) is 20.8 Å². The first-order valence-corrected chi connectivity index (χ1v) is 7.98. The Morgan fingerprint density at radius 2 is 0.938 bits per heavy atom. The normalized spacial score (nSPS) is 19.1. The summed E-state index contributed by atoms with van der Waals surface area (Å²) in [6.45, 7) is 6.88. The van der Waals surface area contributed by atoms with Crippen molar-refractivity contribution in [3.63, 3.8) is 0 Å². The zero-order valence-corrected chi connectivity index (χ0v) is 11.7. The van der Waals surface area contributed by atoms with Gasteiger partial charge in [-0.3, -0.25) is 0 Å². The van der Waals surface area contributed by atoms with Crippen LogP contribution in [0.3, 0.4) is 0 Å². The van der Waals surface area contributed by atoms with Crippen molar-refractivity contribution < 1.29 is 15.3 Å². The van der Waals surface area contributed by atoms with E-state index in [1.165, 1.54) is 0 Å². The van der Waals surface area contributed by atoms with Crippen LogP contribution in [0.2, 0.25) is 0 Å². The first-order valence-electron chi connectivity index (χ1n) is 6.08. The van der Waals surface area contributed by atoms with E-state index in [1.807, 2.05) is 0 Å². The molecule has 3 nitrogen and oxygen atoms in total. The fourth-order valence-corrected chi connectivity index (χ4v) is 5.16. The minimum Gasteiger partial charge on any atom is -0.396 e. The Morgan fingerprint density at radius 1 is 0.688 bits per heavy atom. The van der Waals surface area contributed by atoms with Crippen molar-refractivity contribution in [2.24, 2.45) is 17.8 Å². The summed E-state index contributed by atoms with van der Waals surface area (Å²) in [5, 5.41) is 27.2. The summed E-state index contributed by atoms with van der Waals surface area (Å²) in [7, 11) is -0.176. The highest BCUT2D eigenvalue weighted by Crippen LogP contribution is 2.41. The van der Waals surface area contributed by atoms with E-state index in [0.29, 0.717) is 17.8 Å². The maximum atomic E-state index is 9.08. The molecule has 0 aromatic rings. The van der Waals surface area contributed by atoms with Crippen molar-refractivity contribution in [1.82, 2.24) is 0 Å². The van der Waals surface area contributed by atoms with Gasteiger partial charge in [-0.1, -0.05) is 20.8 Å². The second-order valence-electron chi connectivity index (χ2n) is 5.08. The first kappa shape index (κ1) is 16.3. The molecule has 0 aliphatic rings. The topological polar surface area (TPSA) is 60.7 Å². The summed E-state index contributed by atoms with van der Waals surface area (Å²) in [5.74, 6) is 1.01. The monoisotopic (exact) mass is 250 g/mol. The van der Waals surface area contributed by atoms with Gasteiger partial charge >= 0.3 is 0 Å². The fourth-order valence-electron chi connectivity index (χ4n) is 1.72. The highest BCUT2D eigenvalue weighted by molar-refractivity contribution is 7.57. The molecule has 3 N–H and O–H groups in total. The lowest BCUT2D eigenvalue weighted by atomic mass is 10.2. The molecule has 0 saturated carbocycles. The van der Waals surface area contributed by atoms with Crippen LogP contribution in [0.5, 0.6) is 0 Å². The predicted molar refractivity (Wildman–Crippen MR) is 70.3 cm³/mol. The number of hydrogen-bond acceptors (Lipinski definition) is 3. The van der Waals surface area contributed by atoms with E-state index in [2.05, 4.69) is 20.8 Å². The van der Waals surface area contributed by atoms with Crippen LogP contribution in [0.15, 0.2) is 0 Å². The van der Waals surface area contributed by atoms with Crippen molar-refractivity contribution in [1.29, 1.82) is 0 Å². The van der Waals surface area contributed by atoms with Gasteiger partial charge in [-0.05, 0) is 36.2 Å². The highest BCUT2D eigenvalue weighted by Gasteiger charge is 2.17. The average Bonchev–Trinajstić information content (AvgIpc) is 2.28. The van der Waals surface area contributed by atoms with Gasteiger partial charge in [-0.25, -0.2) is 0 Å². The van der Waals surface area contributed by atoms with Crippen LogP contribution in [0.25, 0.3) is 0 Å². The minimum absolute atomic E-state index is 0.176. The van der Waals surface area contributed by atoms with E-state index >= 15 is 0 Å². The van der Waals surface area contributed by atoms with Crippen LogP contribution in [-0.2, 0) is 0 Å². The van der Waals surface area contributed by atoms with Gasteiger partial charge in [0, 0.05) is 19.8 Å². The molecule has 3 atom stereocenters. The van der Waals surface area contributed by atoms with Crippen LogP contribution in [0, 0.1) is 17.8 Å². The molecule has 0 saturated heterocycles. The van der Waals surface area contributed by atoms with Gasteiger partial charge in [0.25, 0.3) is 0 Å². The van der Waals surface area contributed by atoms with E-state index in [0.717, 1.165) is 18.5 Å². The van der Waals surface area contributed by atoms with Crippen molar-refractivity contribution in [3.05, 3.63) is 0 Å². The molecule has 16 heavy (non-hydrogen) atoms. The number of aliphatic hydroxyl groups is 3. The van der Waals surface area contributed by atoms with Gasteiger partial charge in [-0.15, -0.1) is 7.92 Å². The van der Waals surface area contributed by atoms with E-state index in [9.17, 15) is 0 Å². The molecule has 0 radical (unpaired) electrons. The Balaban J connectivity index is 4.15. The summed E-state index contributed by atoms with van der Waals surface area (Å²) in [5.41, 5.74) is 0. The van der Waals surface area contributed by atoms with Gasteiger partial charge in [-0.2, -0.15) is 0 Å². The molecule has 0 aromatic carbocycles. The summed E-state index contributed by atoms with van der Waals surface area (Å²) < 4.78 is 0. The molecule has 98 valence electrons. The van der Waals surface area contributed by atoms with Crippen LogP contribution in [0.4, 0.5) is 0 Å².